The number of nitrogens with one attached hydrogen (secondary N) is 1. The van der Waals surface area contributed by atoms with Gasteiger partial charge in [-0.2, -0.15) is 0 Å². The van der Waals surface area contributed by atoms with E-state index in [2.05, 4.69) is 5.32 Å². The molecular weight excluding hydrogens is 336 g/mol. The van der Waals surface area contributed by atoms with Crippen LogP contribution < -0.4 is 10.1 Å². The quantitative estimate of drug-likeness (QED) is 0.659. The zero-order valence-corrected chi connectivity index (χ0v) is 15.2. The van der Waals surface area contributed by atoms with Crippen LogP contribution in [-0.4, -0.2) is 30.2 Å². The third kappa shape index (κ3) is 3.09. The van der Waals surface area contributed by atoms with Gasteiger partial charge in [0, 0.05) is 4.90 Å². The molecule has 130 valence electrons. The summed E-state index contributed by atoms with van der Waals surface area (Å²) >= 11 is 1.58. The van der Waals surface area contributed by atoms with Crippen molar-refractivity contribution >= 4 is 23.7 Å². The Morgan fingerprint density at radius 3 is 2.52 bits per heavy atom. The number of urea groups is 1. The summed E-state index contributed by atoms with van der Waals surface area (Å²) in [5.74, 6) is 0.486. The van der Waals surface area contributed by atoms with Gasteiger partial charge in [-0.15, -0.1) is 11.8 Å². The number of nitrogens with zero attached hydrogens (tertiary/aromatic N) is 1. The second kappa shape index (κ2) is 6.80. The Hall–Kier alpha value is -2.47. The van der Waals surface area contributed by atoms with Crippen molar-refractivity contribution in [2.75, 3.05) is 13.4 Å². The lowest BCUT2D eigenvalue weighted by molar-refractivity contribution is -0.131. The smallest absolute Gasteiger partial charge is 0.325 e. The van der Waals surface area contributed by atoms with E-state index in [0.717, 1.165) is 21.8 Å². The molecule has 25 heavy (non-hydrogen) atoms. The number of benzene rings is 2. The molecule has 1 unspecified atom stereocenters. The molecule has 1 saturated heterocycles. The van der Waals surface area contributed by atoms with Gasteiger partial charge in [0.25, 0.3) is 5.91 Å². The fourth-order valence-corrected chi connectivity index (χ4v) is 3.52. The summed E-state index contributed by atoms with van der Waals surface area (Å²) in [5, 5.41) is 2.82. The van der Waals surface area contributed by atoms with Gasteiger partial charge in [-0.05, 0) is 36.4 Å². The monoisotopic (exact) mass is 356 g/mol. The molecule has 0 spiro atoms. The van der Waals surface area contributed by atoms with Crippen molar-refractivity contribution in [2.45, 2.75) is 23.9 Å². The molecule has 0 radical (unpaired) electrons. The third-order valence-electron chi connectivity index (χ3n) is 4.41. The number of amides is 3. The minimum atomic E-state index is -1.04. The SMILES string of the molecule is COc1cc(CN2C(=O)NC(C)(c3ccccc3)C2=O)ccc1SC. The van der Waals surface area contributed by atoms with E-state index in [-0.39, 0.29) is 18.5 Å². The number of ether oxygens (including phenoxy) is 1. The second-order valence-electron chi connectivity index (χ2n) is 6.00. The maximum absolute atomic E-state index is 12.9. The zero-order chi connectivity index (χ0) is 18.0. The van der Waals surface area contributed by atoms with Crippen LogP contribution in [0.1, 0.15) is 18.1 Å². The first-order valence-electron chi connectivity index (χ1n) is 7.90. The topological polar surface area (TPSA) is 58.6 Å². The van der Waals surface area contributed by atoms with Gasteiger partial charge >= 0.3 is 6.03 Å². The minimum absolute atomic E-state index is 0.206. The lowest BCUT2D eigenvalue weighted by Gasteiger charge is -2.22. The number of methoxy groups -OCH3 is 1. The van der Waals surface area contributed by atoms with E-state index in [1.165, 1.54) is 4.90 Å². The van der Waals surface area contributed by atoms with E-state index >= 15 is 0 Å². The first-order valence-corrected chi connectivity index (χ1v) is 9.12. The number of hydrogen-bond acceptors (Lipinski definition) is 4. The molecule has 0 aromatic heterocycles. The highest BCUT2D eigenvalue weighted by Crippen LogP contribution is 2.32. The van der Waals surface area contributed by atoms with E-state index < -0.39 is 5.54 Å². The number of hydrogen-bond donors (Lipinski definition) is 1. The van der Waals surface area contributed by atoms with Crippen LogP contribution in [0.5, 0.6) is 5.75 Å². The number of carbonyl (C=O) groups excluding carboxylic acids is 2. The maximum Gasteiger partial charge on any atom is 0.325 e. The fraction of sp³-hybridized carbons (Fsp3) is 0.263. The van der Waals surface area contributed by atoms with Crippen LogP contribution in [-0.2, 0) is 16.9 Å². The summed E-state index contributed by atoms with van der Waals surface area (Å²) in [6.07, 6.45) is 1.97. The van der Waals surface area contributed by atoms with Gasteiger partial charge in [0.1, 0.15) is 11.3 Å². The summed E-state index contributed by atoms with van der Waals surface area (Å²) in [6, 6.07) is 14.6. The summed E-state index contributed by atoms with van der Waals surface area (Å²) in [4.78, 5) is 27.6. The zero-order valence-electron chi connectivity index (χ0n) is 14.4. The molecule has 0 aliphatic carbocycles. The molecule has 3 rings (SSSR count). The van der Waals surface area contributed by atoms with Crippen LogP contribution in [0.2, 0.25) is 0 Å². The van der Waals surface area contributed by atoms with Crippen LogP contribution in [0.4, 0.5) is 4.79 Å². The Morgan fingerprint density at radius 1 is 1.16 bits per heavy atom. The Labute approximate surface area is 151 Å². The first kappa shape index (κ1) is 17.4. The van der Waals surface area contributed by atoms with E-state index in [9.17, 15) is 9.59 Å². The lowest BCUT2D eigenvalue weighted by atomic mass is 9.92. The van der Waals surface area contributed by atoms with Crippen LogP contribution in [0.3, 0.4) is 0 Å². The van der Waals surface area contributed by atoms with E-state index in [0.29, 0.717) is 0 Å². The summed E-state index contributed by atoms with van der Waals surface area (Å²) in [7, 11) is 1.61. The summed E-state index contributed by atoms with van der Waals surface area (Å²) in [6.45, 7) is 1.94. The molecule has 1 atom stereocenters. The molecule has 3 amide bonds. The molecule has 0 bridgehead atoms. The molecule has 2 aromatic rings. The average molecular weight is 356 g/mol. The van der Waals surface area contributed by atoms with Crippen molar-refractivity contribution in [3.8, 4) is 5.75 Å². The molecule has 0 saturated carbocycles. The summed E-state index contributed by atoms with van der Waals surface area (Å²) in [5.41, 5.74) is 0.573. The molecule has 1 heterocycles. The Kier molecular flexibility index (Phi) is 4.72. The van der Waals surface area contributed by atoms with E-state index in [4.69, 9.17) is 4.74 Å². The predicted molar refractivity (Wildman–Crippen MR) is 97.7 cm³/mol. The van der Waals surface area contributed by atoms with E-state index in [1.54, 1.807) is 25.8 Å². The first-order chi connectivity index (χ1) is 12.0. The predicted octanol–water partition coefficient (Wildman–Crippen LogP) is 3.38. The molecular formula is C19H20N2O3S. The van der Waals surface area contributed by atoms with Gasteiger partial charge in [-0.25, -0.2) is 4.79 Å². The number of thioether (sulfide) groups is 1. The second-order valence-corrected chi connectivity index (χ2v) is 6.85. The van der Waals surface area contributed by atoms with Gasteiger partial charge in [0.15, 0.2) is 0 Å². The molecule has 1 fully saturated rings. The molecule has 2 aromatic carbocycles. The van der Waals surface area contributed by atoms with Gasteiger partial charge in [-0.1, -0.05) is 36.4 Å². The van der Waals surface area contributed by atoms with Crippen LogP contribution in [0.25, 0.3) is 0 Å². The average Bonchev–Trinajstić information content (AvgIpc) is 2.86. The van der Waals surface area contributed by atoms with Crippen molar-refractivity contribution in [1.29, 1.82) is 0 Å². The fourth-order valence-electron chi connectivity index (χ4n) is 2.97. The van der Waals surface area contributed by atoms with Crippen molar-refractivity contribution in [1.82, 2.24) is 10.2 Å². The Balaban J connectivity index is 1.87. The van der Waals surface area contributed by atoms with Crippen molar-refractivity contribution in [3.63, 3.8) is 0 Å². The molecule has 1 N–H and O–H groups in total. The molecule has 6 heteroatoms. The van der Waals surface area contributed by atoms with Gasteiger partial charge < -0.3 is 10.1 Å². The Morgan fingerprint density at radius 2 is 1.88 bits per heavy atom. The van der Waals surface area contributed by atoms with Crippen LogP contribution in [0.15, 0.2) is 53.4 Å². The van der Waals surface area contributed by atoms with Crippen LogP contribution >= 0.6 is 11.8 Å². The molecule has 5 nitrogen and oxygen atoms in total. The highest BCUT2D eigenvalue weighted by molar-refractivity contribution is 7.98. The van der Waals surface area contributed by atoms with Gasteiger partial charge in [0.2, 0.25) is 0 Å². The van der Waals surface area contributed by atoms with Crippen molar-refractivity contribution in [2.24, 2.45) is 0 Å². The van der Waals surface area contributed by atoms with Crippen molar-refractivity contribution in [3.05, 3.63) is 59.7 Å². The Bertz CT molecular complexity index is 810. The normalized spacial score (nSPS) is 19.9. The van der Waals surface area contributed by atoms with Gasteiger partial charge in [0.05, 0.1) is 13.7 Å². The minimum Gasteiger partial charge on any atom is -0.496 e. The van der Waals surface area contributed by atoms with Crippen LogP contribution in [0, 0.1) is 0 Å². The largest absolute Gasteiger partial charge is 0.496 e. The van der Waals surface area contributed by atoms with Crippen molar-refractivity contribution < 1.29 is 14.3 Å². The molecule has 1 aliphatic heterocycles. The van der Waals surface area contributed by atoms with E-state index in [1.807, 2.05) is 54.8 Å². The lowest BCUT2D eigenvalue weighted by Crippen LogP contribution is -2.40. The van der Waals surface area contributed by atoms with Gasteiger partial charge in [-0.3, -0.25) is 9.69 Å². The third-order valence-corrected chi connectivity index (χ3v) is 5.19. The maximum atomic E-state index is 12.9. The summed E-state index contributed by atoms with van der Waals surface area (Å²) < 4.78 is 5.38. The number of carbonyl (C=O) groups is 2. The highest BCUT2D eigenvalue weighted by Gasteiger charge is 2.48. The molecule has 1 aliphatic rings. The number of imide groups is 1. The highest BCUT2D eigenvalue weighted by atomic mass is 32.2. The number of rotatable bonds is 5. The standard InChI is InChI=1S/C19H20N2O3S/c1-19(14-7-5-4-6-8-14)17(22)21(18(23)20-19)12-13-9-10-16(25-3)15(11-13)24-2/h4-11H,12H2,1-3H3,(H,20,23).